The molecule has 33 heavy (non-hydrogen) atoms. The number of amides is 1. The molecule has 2 aromatic carbocycles. The van der Waals surface area contributed by atoms with Crippen LogP contribution in [0.5, 0.6) is 0 Å². The highest BCUT2D eigenvalue weighted by Gasteiger charge is 2.30. The molecule has 0 unspecified atom stereocenters. The van der Waals surface area contributed by atoms with Gasteiger partial charge in [-0.1, -0.05) is 42.5 Å². The van der Waals surface area contributed by atoms with Gasteiger partial charge in [0.15, 0.2) is 0 Å². The van der Waals surface area contributed by atoms with Gasteiger partial charge in [-0.3, -0.25) is 4.79 Å². The molecule has 0 saturated heterocycles. The summed E-state index contributed by atoms with van der Waals surface area (Å²) in [5.74, 6) is 0.329. The number of carbonyl (C=O) groups excluding carboxylic acids is 1. The molecule has 0 spiro atoms. The van der Waals surface area contributed by atoms with E-state index in [2.05, 4.69) is 5.10 Å². The summed E-state index contributed by atoms with van der Waals surface area (Å²) < 4.78 is 6.23. The maximum absolute atomic E-state index is 12.9. The zero-order valence-corrected chi connectivity index (χ0v) is 19.3. The van der Waals surface area contributed by atoms with Gasteiger partial charge < -0.3 is 14.4 Å². The van der Waals surface area contributed by atoms with E-state index in [-0.39, 0.29) is 11.8 Å². The van der Waals surface area contributed by atoms with Gasteiger partial charge in [-0.2, -0.15) is 4.68 Å². The van der Waals surface area contributed by atoms with E-state index in [1.807, 2.05) is 54.6 Å². The van der Waals surface area contributed by atoms with Crippen molar-refractivity contribution in [1.82, 2.24) is 14.7 Å². The molecule has 1 fully saturated rings. The van der Waals surface area contributed by atoms with Crippen LogP contribution in [0.15, 0.2) is 63.8 Å². The first-order valence-corrected chi connectivity index (χ1v) is 11.5. The molecule has 1 aromatic heterocycles. The first-order chi connectivity index (χ1) is 15.8. The van der Waals surface area contributed by atoms with Gasteiger partial charge in [0.1, 0.15) is 6.04 Å². The van der Waals surface area contributed by atoms with Crippen LogP contribution in [0.3, 0.4) is 0 Å². The van der Waals surface area contributed by atoms with Crippen LogP contribution in [-0.4, -0.2) is 32.7 Å². The minimum absolute atomic E-state index is 0.158. The van der Waals surface area contributed by atoms with Crippen LogP contribution < -0.4 is 5.76 Å². The van der Waals surface area contributed by atoms with E-state index in [1.165, 1.54) is 17.5 Å². The maximum atomic E-state index is 12.9. The van der Waals surface area contributed by atoms with E-state index in [0.29, 0.717) is 17.4 Å². The van der Waals surface area contributed by atoms with Crippen LogP contribution >= 0.6 is 0 Å². The third kappa shape index (κ3) is 5.09. The highest BCUT2D eigenvalue weighted by Crippen LogP contribution is 2.40. The summed E-state index contributed by atoms with van der Waals surface area (Å²) in [4.78, 5) is 26.0. The Labute approximate surface area is 193 Å². The van der Waals surface area contributed by atoms with Gasteiger partial charge in [0.25, 0.3) is 5.91 Å². The molecule has 1 N–H and O–H groups in total. The Hall–Kier alpha value is -3.19. The molecule has 1 saturated carbocycles. The van der Waals surface area contributed by atoms with E-state index >= 15 is 0 Å². The van der Waals surface area contributed by atoms with Crippen LogP contribution in [0.25, 0.3) is 0 Å². The van der Waals surface area contributed by atoms with Crippen LogP contribution in [0.4, 0.5) is 0 Å². The number of nitrogens with zero attached hydrogens (tertiary/aromatic N) is 3. The minimum atomic E-state index is -0.549. The van der Waals surface area contributed by atoms with Crippen LogP contribution in [0.2, 0.25) is 0 Å². The molecule has 0 radical (unpaired) electrons. The Bertz CT molecular complexity index is 1140. The minimum Gasteiger partial charge on any atom is -0.390 e. The van der Waals surface area contributed by atoms with Crippen molar-refractivity contribution < 1.29 is 14.3 Å². The summed E-state index contributed by atoms with van der Waals surface area (Å²) in [5.41, 5.74) is 2.77. The second kappa shape index (κ2) is 9.75. The summed E-state index contributed by atoms with van der Waals surface area (Å²) in [6.45, 7) is 1.78. The molecular formula is C26H31N3O4. The Kier molecular flexibility index (Phi) is 6.79. The number of carbonyl (C=O) groups is 1. The molecule has 0 bridgehead atoms. The van der Waals surface area contributed by atoms with Gasteiger partial charge >= 0.3 is 5.76 Å². The SMILES string of the molecule is C[C@H](c1nn(C)c(=O)o1)N(C)C(=O)c1ccc(C[C@@H]2CC[C@H]([C@H](O)c3ccccc3)C2)cc1. The number of hydrogen-bond donors (Lipinski definition) is 1. The normalized spacial score (nSPS) is 19.9. The number of hydrogen-bond acceptors (Lipinski definition) is 5. The lowest BCUT2D eigenvalue weighted by Gasteiger charge is -2.22. The molecule has 7 nitrogen and oxygen atoms in total. The maximum Gasteiger partial charge on any atom is 0.436 e. The Balaban J connectivity index is 1.34. The molecule has 1 heterocycles. The highest BCUT2D eigenvalue weighted by atomic mass is 16.4. The number of aryl methyl sites for hydroxylation is 1. The van der Waals surface area contributed by atoms with Gasteiger partial charge in [-0.05, 0) is 67.7 Å². The van der Waals surface area contributed by atoms with Gasteiger partial charge in [0.05, 0.1) is 6.10 Å². The van der Waals surface area contributed by atoms with Crippen molar-refractivity contribution in [1.29, 1.82) is 0 Å². The molecule has 4 atom stereocenters. The molecule has 4 rings (SSSR count). The number of aromatic nitrogens is 2. The zero-order valence-electron chi connectivity index (χ0n) is 19.3. The monoisotopic (exact) mass is 449 g/mol. The highest BCUT2D eigenvalue weighted by molar-refractivity contribution is 5.94. The average Bonchev–Trinajstić information content (AvgIpc) is 3.44. The first kappa shape index (κ1) is 23.0. The molecule has 1 amide bonds. The van der Waals surface area contributed by atoms with E-state index in [0.717, 1.165) is 35.9 Å². The number of rotatable bonds is 7. The molecular weight excluding hydrogens is 418 g/mol. The summed E-state index contributed by atoms with van der Waals surface area (Å²) in [6, 6.07) is 17.1. The smallest absolute Gasteiger partial charge is 0.390 e. The zero-order chi connectivity index (χ0) is 23.5. The van der Waals surface area contributed by atoms with E-state index < -0.39 is 17.9 Å². The van der Waals surface area contributed by atoms with E-state index in [9.17, 15) is 14.7 Å². The van der Waals surface area contributed by atoms with Crippen LogP contribution in [-0.2, 0) is 13.5 Å². The van der Waals surface area contributed by atoms with Gasteiger partial charge in [-0.25, -0.2) is 4.79 Å². The summed E-state index contributed by atoms with van der Waals surface area (Å²) in [5, 5.41) is 14.8. The summed E-state index contributed by atoms with van der Waals surface area (Å²) in [7, 11) is 3.18. The summed E-state index contributed by atoms with van der Waals surface area (Å²) >= 11 is 0. The van der Waals surface area contributed by atoms with Crippen molar-refractivity contribution >= 4 is 5.91 Å². The van der Waals surface area contributed by atoms with Crippen molar-refractivity contribution in [2.75, 3.05) is 7.05 Å². The van der Waals surface area contributed by atoms with Crippen LogP contribution in [0, 0.1) is 11.8 Å². The predicted molar refractivity (Wildman–Crippen MR) is 125 cm³/mol. The fourth-order valence-corrected chi connectivity index (χ4v) is 4.70. The molecule has 0 aliphatic heterocycles. The number of aliphatic hydroxyl groups is 1. The average molecular weight is 450 g/mol. The van der Waals surface area contributed by atoms with Crippen LogP contribution in [0.1, 0.15) is 65.7 Å². The predicted octanol–water partition coefficient (Wildman–Crippen LogP) is 3.90. The third-order valence-corrected chi connectivity index (χ3v) is 6.86. The second-order valence-corrected chi connectivity index (χ2v) is 9.12. The Morgan fingerprint density at radius 2 is 1.88 bits per heavy atom. The van der Waals surface area contributed by atoms with Gasteiger partial charge in [0, 0.05) is 19.7 Å². The number of aliphatic hydroxyl groups excluding tert-OH is 1. The standard InChI is InChI=1S/C26H31N3O4/c1-17(24-27-29(3)26(32)33-24)28(2)25(31)21-12-9-18(10-13-21)15-19-11-14-22(16-19)23(30)20-7-5-4-6-8-20/h4-10,12-13,17,19,22-23,30H,11,14-16H2,1-3H3/t17-,19+,22+,23-/m1/s1. The van der Waals surface area contributed by atoms with Gasteiger partial charge in [-0.15, -0.1) is 5.10 Å². The molecule has 174 valence electrons. The molecule has 3 aromatic rings. The topological polar surface area (TPSA) is 88.6 Å². The van der Waals surface area contributed by atoms with Crippen molar-refractivity contribution in [3.63, 3.8) is 0 Å². The fourth-order valence-electron chi connectivity index (χ4n) is 4.70. The quantitative estimate of drug-likeness (QED) is 0.591. The largest absolute Gasteiger partial charge is 0.436 e. The fraction of sp³-hybridized carbons (Fsp3) is 0.423. The Morgan fingerprint density at radius 3 is 2.52 bits per heavy atom. The lowest BCUT2D eigenvalue weighted by molar-refractivity contribution is 0.0720. The van der Waals surface area contributed by atoms with Crippen molar-refractivity contribution in [3.8, 4) is 0 Å². The molecule has 1 aliphatic rings. The number of benzene rings is 2. The van der Waals surface area contributed by atoms with Crippen molar-refractivity contribution in [3.05, 3.63) is 87.7 Å². The van der Waals surface area contributed by atoms with E-state index in [1.54, 1.807) is 14.0 Å². The Morgan fingerprint density at radius 1 is 1.18 bits per heavy atom. The van der Waals surface area contributed by atoms with Crippen molar-refractivity contribution in [2.24, 2.45) is 18.9 Å². The van der Waals surface area contributed by atoms with Crippen molar-refractivity contribution in [2.45, 2.75) is 44.8 Å². The lowest BCUT2D eigenvalue weighted by Crippen LogP contribution is -2.30. The molecule has 1 aliphatic carbocycles. The lowest BCUT2D eigenvalue weighted by atomic mass is 9.91. The second-order valence-electron chi connectivity index (χ2n) is 9.12. The summed E-state index contributed by atoms with van der Waals surface area (Å²) in [6.07, 6.45) is 3.68. The van der Waals surface area contributed by atoms with Gasteiger partial charge in [0.2, 0.25) is 5.89 Å². The van der Waals surface area contributed by atoms with E-state index in [4.69, 9.17) is 4.42 Å². The third-order valence-electron chi connectivity index (χ3n) is 6.86. The molecule has 7 heteroatoms. The first-order valence-electron chi connectivity index (χ1n) is 11.5.